The summed E-state index contributed by atoms with van der Waals surface area (Å²) >= 11 is 0. The Hall–Kier alpha value is -8.19. The van der Waals surface area contributed by atoms with Gasteiger partial charge in [-0.25, -0.2) is 9.97 Å². The summed E-state index contributed by atoms with van der Waals surface area (Å²) in [6, 6.07) is 81.9. The van der Waals surface area contributed by atoms with Crippen molar-refractivity contribution in [2.75, 3.05) is 0 Å². The van der Waals surface area contributed by atoms with Gasteiger partial charge in [0.2, 0.25) is 0 Å². The first-order valence-electron chi connectivity index (χ1n) is 20.6. The molecule has 3 nitrogen and oxygen atoms in total. The molecule has 3 heteroatoms. The van der Waals surface area contributed by atoms with Crippen LogP contribution in [-0.2, 0) is 5.41 Å². The molecule has 0 saturated carbocycles. The van der Waals surface area contributed by atoms with Crippen LogP contribution in [0.15, 0.2) is 224 Å². The molecule has 0 unspecified atom stereocenters. The molecule has 0 fully saturated rings. The zero-order valence-electron chi connectivity index (χ0n) is 33.2. The third-order valence-electron chi connectivity index (χ3n) is 12.2. The summed E-state index contributed by atoms with van der Waals surface area (Å²) in [6.45, 7) is 0. The molecule has 0 bridgehead atoms. The molecule has 61 heavy (non-hydrogen) atoms. The third-order valence-corrected chi connectivity index (χ3v) is 12.2. The molecule has 0 aliphatic heterocycles. The molecule has 0 spiro atoms. The van der Waals surface area contributed by atoms with E-state index in [1.54, 1.807) is 0 Å². The molecule has 0 N–H and O–H groups in total. The van der Waals surface area contributed by atoms with Gasteiger partial charge in [-0.3, -0.25) is 0 Å². The van der Waals surface area contributed by atoms with Gasteiger partial charge in [0.15, 0.2) is 5.82 Å². The minimum atomic E-state index is -0.630. The van der Waals surface area contributed by atoms with E-state index < -0.39 is 5.41 Å². The number of aromatic nitrogens is 2. The SMILES string of the molecule is N#Cc1ccc(-c2ccc(-c3ccc4c(c3)C(c3ccccc3)(c3ccccc3)c3cc(-c5cc(-c6ccccc6)nc(-c6ccccc6)n5)ccc3-4)c3ccccc23)cc1. The third kappa shape index (κ3) is 6.05. The molecule has 0 atom stereocenters. The average Bonchev–Trinajstić information content (AvgIpc) is 3.64. The van der Waals surface area contributed by atoms with Crippen molar-refractivity contribution >= 4 is 10.8 Å². The quantitative estimate of drug-likeness (QED) is 0.162. The molecule has 10 aromatic rings. The molecule has 9 aromatic carbocycles. The molecule has 1 heterocycles. The molecular formula is C58H37N3. The second-order valence-corrected chi connectivity index (χ2v) is 15.6. The zero-order chi connectivity index (χ0) is 40.8. The van der Waals surface area contributed by atoms with E-state index >= 15 is 0 Å². The molecule has 0 saturated heterocycles. The Morgan fingerprint density at radius 3 is 1.33 bits per heavy atom. The van der Waals surface area contributed by atoms with Gasteiger partial charge in [0.05, 0.1) is 28.4 Å². The molecule has 0 amide bonds. The highest BCUT2D eigenvalue weighted by molar-refractivity contribution is 6.05. The number of benzene rings is 9. The number of fused-ring (bicyclic) bond motifs is 4. The molecule has 1 aliphatic rings. The van der Waals surface area contributed by atoms with Crippen LogP contribution < -0.4 is 0 Å². The number of rotatable bonds is 7. The molecule has 1 aromatic heterocycles. The fraction of sp³-hybridized carbons (Fsp3) is 0.0172. The van der Waals surface area contributed by atoms with Crippen LogP contribution in [-0.4, -0.2) is 9.97 Å². The van der Waals surface area contributed by atoms with Gasteiger partial charge in [0.25, 0.3) is 0 Å². The van der Waals surface area contributed by atoms with E-state index in [1.165, 1.54) is 49.7 Å². The number of hydrogen-bond acceptors (Lipinski definition) is 3. The summed E-state index contributed by atoms with van der Waals surface area (Å²) in [4.78, 5) is 10.4. The predicted octanol–water partition coefficient (Wildman–Crippen LogP) is 14.2. The Morgan fingerprint density at radius 1 is 0.344 bits per heavy atom. The highest BCUT2D eigenvalue weighted by atomic mass is 14.9. The van der Waals surface area contributed by atoms with Crippen molar-refractivity contribution in [3.8, 4) is 73.4 Å². The van der Waals surface area contributed by atoms with Crippen LogP contribution in [0.2, 0.25) is 0 Å². The largest absolute Gasteiger partial charge is 0.228 e. The Morgan fingerprint density at radius 2 is 0.770 bits per heavy atom. The number of nitrogens with zero attached hydrogens (tertiary/aromatic N) is 3. The van der Waals surface area contributed by atoms with Gasteiger partial charge in [-0.1, -0.05) is 194 Å². The van der Waals surface area contributed by atoms with Crippen molar-refractivity contribution < 1.29 is 0 Å². The Labute approximate surface area is 355 Å². The lowest BCUT2D eigenvalue weighted by Gasteiger charge is -2.34. The predicted molar refractivity (Wildman–Crippen MR) is 249 cm³/mol. The Balaban J connectivity index is 1.14. The smallest absolute Gasteiger partial charge is 0.160 e. The summed E-state index contributed by atoms with van der Waals surface area (Å²) in [5, 5.41) is 11.8. The standard InChI is InChI=1S/C58H37N3/c59-38-39-25-27-40(28-26-39)47-33-34-48(50-24-14-13-23-49(47)50)43-29-31-51-52-32-30-44(56-37-55(41-15-5-1-6-16-41)60-57(61-56)42-17-7-2-8-18-42)36-54(52)58(53(51)35-43,45-19-9-3-10-20-45)46-21-11-4-12-22-46/h1-37H. The first-order valence-corrected chi connectivity index (χ1v) is 20.6. The lowest BCUT2D eigenvalue weighted by molar-refractivity contribution is 0.769. The second kappa shape index (κ2) is 14.9. The summed E-state index contributed by atoms with van der Waals surface area (Å²) in [5.41, 5.74) is 16.7. The van der Waals surface area contributed by atoms with Crippen LogP contribution in [0, 0.1) is 11.3 Å². The zero-order valence-corrected chi connectivity index (χ0v) is 33.2. The molecule has 1 aliphatic carbocycles. The molecule has 284 valence electrons. The summed E-state index contributed by atoms with van der Waals surface area (Å²) in [7, 11) is 0. The Bertz CT molecular complexity index is 3180. The highest BCUT2D eigenvalue weighted by Gasteiger charge is 2.46. The van der Waals surface area contributed by atoms with Crippen LogP contribution in [0.3, 0.4) is 0 Å². The first kappa shape index (κ1) is 35.9. The second-order valence-electron chi connectivity index (χ2n) is 15.6. The van der Waals surface area contributed by atoms with Crippen molar-refractivity contribution in [3.05, 3.63) is 252 Å². The van der Waals surface area contributed by atoms with Gasteiger partial charge in [-0.2, -0.15) is 5.26 Å². The van der Waals surface area contributed by atoms with Crippen molar-refractivity contribution in [1.82, 2.24) is 9.97 Å². The Kier molecular flexibility index (Phi) is 8.77. The van der Waals surface area contributed by atoms with E-state index in [4.69, 9.17) is 9.97 Å². The van der Waals surface area contributed by atoms with Gasteiger partial charge >= 0.3 is 0 Å². The van der Waals surface area contributed by atoms with E-state index in [1.807, 2.05) is 48.5 Å². The maximum absolute atomic E-state index is 9.45. The monoisotopic (exact) mass is 775 g/mol. The molecular weight excluding hydrogens is 739 g/mol. The highest BCUT2D eigenvalue weighted by Crippen LogP contribution is 2.57. The summed E-state index contributed by atoms with van der Waals surface area (Å²) in [5.74, 6) is 0.695. The van der Waals surface area contributed by atoms with Crippen LogP contribution >= 0.6 is 0 Å². The topological polar surface area (TPSA) is 49.6 Å². The first-order chi connectivity index (χ1) is 30.2. The van der Waals surface area contributed by atoms with Crippen molar-refractivity contribution in [2.45, 2.75) is 5.41 Å². The van der Waals surface area contributed by atoms with Gasteiger partial charge in [-0.15, -0.1) is 0 Å². The summed E-state index contributed by atoms with van der Waals surface area (Å²) in [6.07, 6.45) is 0. The van der Waals surface area contributed by atoms with Crippen LogP contribution in [0.25, 0.3) is 78.1 Å². The van der Waals surface area contributed by atoms with E-state index in [2.05, 4.69) is 182 Å². The van der Waals surface area contributed by atoms with E-state index in [9.17, 15) is 5.26 Å². The fourth-order valence-corrected chi connectivity index (χ4v) is 9.41. The van der Waals surface area contributed by atoms with Gasteiger partial charge in [0.1, 0.15) is 0 Å². The minimum Gasteiger partial charge on any atom is -0.228 e. The maximum atomic E-state index is 9.45. The number of hydrogen-bond donors (Lipinski definition) is 0. The maximum Gasteiger partial charge on any atom is 0.160 e. The van der Waals surface area contributed by atoms with E-state index in [0.717, 1.165) is 44.8 Å². The lowest BCUT2D eigenvalue weighted by Crippen LogP contribution is -2.28. The van der Waals surface area contributed by atoms with Crippen LogP contribution in [0.5, 0.6) is 0 Å². The number of nitriles is 1. The van der Waals surface area contributed by atoms with Crippen molar-refractivity contribution in [2.24, 2.45) is 0 Å². The minimum absolute atomic E-state index is 0.630. The van der Waals surface area contributed by atoms with Crippen LogP contribution in [0.1, 0.15) is 27.8 Å². The average molecular weight is 776 g/mol. The van der Waals surface area contributed by atoms with Crippen molar-refractivity contribution in [3.63, 3.8) is 0 Å². The lowest BCUT2D eigenvalue weighted by atomic mass is 9.67. The molecule has 0 radical (unpaired) electrons. The van der Waals surface area contributed by atoms with Gasteiger partial charge in [-0.05, 0) is 96.7 Å². The van der Waals surface area contributed by atoms with Gasteiger partial charge in [0, 0.05) is 16.7 Å². The van der Waals surface area contributed by atoms with Crippen LogP contribution in [0.4, 0.5) is 0 Å². The normalized spacial score (nSPS) is 12.4. The van der Waals surface area contributed by atoms with Gasteiger partial charge < -0.3 is 0 Å². The molecule has 11 rings (SSSR count). The van der Waals surface area contributed by atoms with E-state index in [0.29, 0.717) is 11.4 Å². The fourth-order valence-electron chi connectivity index (χ4n) is 9.41. The van der Waals surface area contributed by atoms with Crippen molar-refractivity contribution in [1.29, 1.82) is 5.26 Å². The summed E-state index contributed by atoms with van der Waals surface area (Å²) < 4.78 is 0. The van der Waals surface area contributed by atoms with E-state index in [-0.39, 0.29) is 0 Å².